The van der Waals surface area contributed by atoms with E-state index in [1.165, 1.54) is 12.8 Å². The fraction of sp³-hybridized carbons (Fsp3) is 0.467. The van der Waals surface area contributed by atoms with Crippen LogP contribution in [0.2, 0.25) is 0 Å². The lowest BCUT2D eigenvalue weighted by molar-refractivity contribution is -0.0222. The number of pyridine rings is 1. The van der Waals surface area contributed by atoms with E-state index >= 15 is 0 Å². The van der Waals surface area contributed by atoms with Crippen molar-refractivity contribution in [3.05, 3.63) is 48.8 Å². The number of imidazole rings is 1. The molecule has 3 aliphatic rings. The molecule has 228 valence electrons. The van der Waals surface area contributed by atoms with E-state index in [9.17, 15) is 17.2 Å². The van der Waals surface area contributed by atoms with Crippen LogP contribution >= 0.6 is 0 Å². The smallest absolute Gasteiger partial charge is 0.251 e. The monoisotopic (exact) mass is 611 g/mol. The zero-order valence-corrected chi connectivity index (χ0v) is 24.6. The van der Waals surface area contributed by atoms with Crippen LogP contribution in [0.25, 0.3) is 28.2 Å². The van der Waals surface area contributed by atoms with E-state index in [2.05, 4.69) is 19.7 Å². The number of rotatable bonds is 8. The van der Waals surface area contributed by atoms with Gasteiger partial charge in [-0.1, -0.05) is 0 Å². The molecule has 0 radical (unpaired) electrons. The van der Waals surface area contributed by atoms with Crippen molar-refractivity contribution in [2.45, 2.75) is 44.4 Å². The van der Waals surface area contributed by atoms with E-state index < -0.39 is 22.6 Å². The highest BCUT2D eigenvalue weighted by Crippen LogP contribution is 2.54. The predicted molar refractivity (Wildman–Crippen MR) is 162 cm³/mol. The van der Waals surface area contributed by atoms with E-state index in [1.54, 1.807) is 23.0 Å². The fourth-order valence-corrected chi connectivity index (χ4v) is 7.20. The Balaban J connectivity index is 1.23. The highest BCUT2D eigenvalue weighted by Gasteiger charge is 2.44. The van der Waals surface area contributed by atoms with Crippen LogP contribution in [0.4, 0.5) is 26.0 Å². The summed E-state index contributed by atoms with van der Waals surface area (Å²) >= 11 is 0. The van der Waals surface area contributed by atoms with Gasteiger partial charge in [0.2, 0.25) is 10.0 Å². The van der Waals surface area contributed by atoms with Gasteiger partial charge in [0.05, 0.1) is 41.7 Å². The molecule has 2 saturated heterocycles. The number of piperidine rings is 2. The van der Waals surface area contributed by atoms with Gasteiger partial charge in [0, 0.05) is 55.8 Å². The third-order valence-corrected chi connectivity index (χ3v) is 10.5. The van der Waals surface area contributed by atoms with Gasteiger partial charge in [0.15, 0.2) is 0 Å². The quantitative estimate of drug-likeness (QED) is 0.263. The standard InChI is InChI=1S/C30H35F2N7O3S/c31-30(32)8-13-38(14-9-30)27-18-21(17-23-3-10-34-39(23)27)25-20-33-28(35-25)24-2-1-22(36-43(41,42)16-15-40)19-26(24)37-11-6-29(4-5-29)7-12-37/h1-3,10,17-20,36,40H,4-9,11-16H2,(H,33,35). The molecule has 3 N–H and O–H groups in total. The van der Waals surface area contributed by atoms with Gasteiger partial charge >= 0.3 is 0 Å². The summed E-state index contributed by atoms with van der Waals surface area (Å²) in [4.78, 5) is 12.5. The summed E-state index contributed by atoms with van der Waals surface area (Å²) in [5.74, 6) is -1.61. The van der Waals surface area contributed by atoms with Crippen LogP contribution in [-0.4, -0.2) is 77.6 Å². The molecule has 0 bridgehead atoms. The van der Waals surface area contributed by atoms with Crippen molar-refractivity contribution in [3.63, 3.8) is 0 Å². The first-order chi connectivity index (χ1) is 20.6. The van der Waals surface area contributed by atoms with E-state index in [0.29, 0.717) is 16.9 Å². The van der Waals surface area contributed by atoms with Crippen LogP contribution in [-0.2, 0) is 10.0 Å². The lowest BCUT2D eigenvalue weighted by Gasteiger charge is -2.35. The minimum absolute atomic E-state index is 0.194. The molecule has 7 rings (SSSR count). The van der Waals surface area contributed by atoms with E-state index in [4.69, 9.17) is 10.1 Å². The minimum Gasteiger partial charge on any atom is -0.395 e. The average Bonchev–Trinajstić information content (AvgIpc) is 3.34. The number of halogens is 2. The van der Waals surface area contributed by atoms with Crippen molar-refractivity contribution in [2.24, 2.45) is 5.41 Å². The van der Waals surface area contributed by atoms with Crippen LogP contribution in [0.15, 0.2) is 48.8 Å². The second kappa shape index (κ2) is 10.5. The number of H-pyrrole nitrogens is 1. The van der Waals surface area contributed by atoms with E-state index in [1.807, 2.05) is 35.2 Å². The number of fused-ring (bicyclic) bond motifs is 1. The molecule has 0 unspecified atom stereocenters. The number of hydrogen-bond acceptors (Lipinski definition) is 7. The van der Waals surface area contributed by atoms with Gasteiger partial charge in [0.25, 0.3) is 5.92 Å². The molecule has 13 heteroatoms. The van der Waals surface area contributed by atoms with Gasteiger partial charge in [0.1, 0.15) is 11.6 Å². The molecule has 5 heterocycles. The summed E-state index contributed by atoms with van der Waals surface area (Å²) in [6, 6.07) is 11.3. The molecular formula is C30H35F2N7O3S. The number of nitrogens with one attached hydrogen (secondary N) is 2. The number of aliphatic hydroxyl groups is 1. The third-order valence-electron chi connectivity index (χ3n) is 9.19. The molecule has 4 aromatic rings. The Bertz CT molecular complexity index is 1750. The summed E-state index contributed by atoms with van der Waals surface area (Å²) in [6.45, 7) is 1.79. The van der Waals surface area contributed by atoms with E-state index in [0.717, 1.165) is 59.8 Å². The summed E-state index contributed by atoms with van der Waals surface area (Å²) in [7, 11) is -3.68. The molecule has 2 aliphatic heterocycles. The largest absolute Gasteiger partial charge is 0.395 e. The van der Waals surface area contributed by atoms with Crippen LogP contribution in [0.3, 0.4) is 0 Å². The Morgan fingerprint density at radius 2 is 1.70 bits per heavy atom. The number of benzene rings is 1. The zero-order chi connectivity index (χ0) is 29.8. The van der Waals surface area contributed by atoms with Gasteiger partial charge < -0.3 is 19.9 Å². The van der Waals surface area contributed by atoms with Crippen molar-refractivity contribution >= 4 is 32.7 Å². The molecule has 3 aromatic heterocycles. The molecule has 1 spiro atoms. The molecule has 43 heavy (non-hydrogen) atoms. The van der Waals surface area contributed by atoms with Gasteiger partial charge in [-0.05, 0) is 67.5 Å². The zero-order valence-electron chi connectivity index (χ0n) is 23.8. The molecule has 0 amide bonds. The molecule has 10 nitrogen and oxygen atoms in total. The molecule has 1 aliphatic carbocycles. The van der Waals surface area contributed by atoms with Crippen LogP contribution in [0.1, 0.15) is 38.5 Å². The Hall–Kier alpha value is -3.71. The normalized spacial score (nSPS) is 19.7. The minimum atomic E-state index is -3.68. The maximum Gasteiger partial charge on any atom is 0.251 e. The Morgan fingerprint density at radius 1 is 0.953 bits per heavy atom. The number of alkyl halides is 2. The molecule has 1 aromatic carbocycles. The highest BCUT2D eigenvalue weighted by molar-refractivity contribution is 7.92. The number of aliphatic hydroxyl groups excluding tert-OH is 1. The SMILES string of the molecule is O=S(=O)(CCO)Nc1ccc(-c2ncc(-c3cc(N4CCC(F)(F)CC4)n4nccc4c3)[nH]2)c(N2CCC3(CC2)CC3)c1. The van der Waals surface area contributed by atoms with Crippen LogP contribution in [0, 0.1) is 5.41 Å². The van der Waals surface area contributed by atoms with Crippen LogP contribution in [0.5, 0.6) is 0 Å². The first kappa shape index (κ1) is 28.1. The Kier molecular flexibility index (Phi) is 6.84. The number of nitrogens with zero attached hydrogens (tertiary/aromatic N) is 5. The second-order valence-corrected chi connectivity index (χ2v) is 14.0. The lowest BCUT2D eigenvalue weighted by Crippen LogP contribution is -2.40. The fourth-order valence-electron chi connectivity index (χ4n) is 6.37. The number of aromatic nitrogens is 4. The van der Waals surface area contributed by atoms with Crippen molar-refractivity contribution in [1.29, 1.82) is 0 Å². The van der Waals surface area contributed by atoms with Gasteiger partial charge in [-0.25, -0.2) is 26.7 Å². The highest BCUT2D eigenvalue weighted by atomic mass is 32.2. The van der Waals surface area contributed by atoms with Gasteiger partial charge in [-0.15, -0.1) is 0 Å². The number of sulfonamides is 1. The van der Waals surface area contributed by atoms with Crippen molar-refractivity contribution in [3.8, 4) is 22.6 Å². The first-order valence-corrected chi connectivity index (χ1v) is 16.4. The number of hydrogen-bond donors (Lipinski definition) is 3. The van der Waals surface area contributed by atoms with Crippen molar-refractivity contribution < 1.29 is 22.3 Å². The predicted octanol–water partition coefficient (Wildman–Crippen LogP) is 4.74. The summed E-state index contributed by atoms with van der Waals surface area (Å²) in [6.07, 6.45) is 7.84. The molecule has 0 atom stereocenters. The van der Waals surface area contributed by atoms with Gasteiger partial charge in [-0.2, -0.15) is 5.10 Å². The topological polar surface area (TPSA) is 119 Å². The Labute approximate surface area is 248 Å². The lowest BCUT2D eigenvalue weighted by atomic mass is 9.93. The number of anilines is 3. The van der Waals surface area contributed by atoms with Crippen molar-refractivity contribution in [1.82, 2.24) is 19.6 Å². The molecule has 1 saturated carbocycles. The van der Waals surface area contributed by atoms with Crippen molar-refractivity contribution in [2.75, 3.05) is 53.1 Å². The van der Waals surface area contributed by atoms with Gasteiger partial charge in [-0.3, -0.25) is 4.72 Å². The van der Waals surface area contributed by atoms with Crippen LogP contribution < -0.4 is 14.5 Å². The number of aromatic amines is 1. The second-order valence-electron chi connectivity index (χ2n) is 12.1. The summed E-state index contributed by atoms with van der Waals surface area (Å²) in [5, 5.41) is 13.6. The molecule has 3 fully saturated rings. The maximum absolute atomic E-state index is 13.9. The maximum atomic E-state index is 13.9. The third kappa shape index (κ3) is 5.67. The average molecular weight is 612 g/mol. The summed E-state index contributed by atoms with van der Waals surface area (Å²) in [5.41, 5.74) is 5.15. The summed E-state index contributed by atoms with van der Waals surface area (Å²) < 4.78 is 56.9. The molecular weight excluding hydrogens is 576 g/mol. The first-order valence-electron chi connectivity index (χ1n) is 14.8. The Morgan fingerprint density at radius 3 is 2.42 bits per heavy atom. The van der Waals surface area contributed by atoms with E-state index in [-0.39, 0.29) is 31.7 Å².